The topological polar surface area (TPSA) is 298 Å². The summed E-state index contributed by atoms with van der Waals surface area (Å²) in [4.78, 5) is 88.7. The van der Waals surface area contributed by atoms with Gasteiger partial charge < -0.3 is 54.7 Å². The Hall–Kier alpha value is -3.70. The molecule has 134 heavy (non-hydrogen) atoms. The molecule has 0 aromatic heterocycles. The molecule has 7 N–H and O–H groups in total. The Labute approximate surface area is 820 Å². The van der Waals surface area contributed by atoms with Crippen LogP contribution in [0, 0.1) is 213 Å². The lowest BCUT2D eigenvalue weighted by molar-refractivity contribution is -0.203. The van der Waals surface area contributed by atoms with E-state index >= 15 is 0 Å². The van der Waals surface area contributed by atoms with Crippen molar-refractivity contribution in [2.24, 2.45) is 209 Å². The van der Waals surface area contributed by atoms with Crippen molar-refractivity contribution in [3.05, 3.63) is 45.0 Å². The molecule has 15 fully saturated rings. The predicted octanol–water partition coefficient (Wildman–Crippen LogP) is 21.8. The number of benzene rings is 1. The molecule has 43 atom stereocenters. The van der Waals surface area contributed by atoms with Crippen LogP contribution in [-0.2, 0) is 47.7 Å². The summed E-state index contributed by atoms with van der Waals surface area (Å²) in [5.74, 6) is 8.69. The minimum atomic E-state index is -0.373. The molecule has 0 heterocycles. The minimum absolute atomic E-state index is 0.00717. The Morgan fingerprint density at radius 1 is 0.478 bits per heavy atom. The highest BCUT2D eigenvalue weighted by Gasteiger charge is 2.72. The fraction of sp³-hybridized carbons (Fsp3) is 0.870. The van der Waals surface area contributed by atoms with E-state index in [-0.39, 0.29) is 200 Å². The first-order valence-electron chi connectivity index (χ1n) is 54.5. The van der Waals surface area contributed by atoms with Gasteiger partial charge in [-0.15, -0.1) is 0 Å². The number of halogens is 1. The van der Waals surface area contributed by atoms with Crippen molar-refractivity contribution in [2.75, 3.05) is 27.9 Å². The summed E-state index contributed by atoms with van der Waals surface area (Å²) in [5, 5.41) is 76.1. The van der Waals surface area contributed by atoms with Crippen molar-refractivity contribution in [3.8, 4) is 0 Å². The van der Waals surface area contributed by atoms with Crippen molar-refractivity contribution in [1.29, 1.82) is 0 Å². The number of carbonyl (C=O) groups excluding carboxylic acids is 7. The summed E-state index contributed by atoms with van der Waals surface area (Å²) in [5.41, 5.74) is 2.88. The van der Waals surface area contributed by atoms with Gasteiger partial charge in [-0.25, -0.2) is 4.79 Å². The number of aliphatic hydroxyl groups excluding tert-OH is 7. The fourth-order valence-electron chi connectivity index (χ4n) is 38.2. The molecule has 0 bridgehead atoms. The minimum Gasteiger partial charge on any atom is -0.469 e. The summed E-state index contributed by atoms with van der Waals surface area (Å²) in [6.45, 7) is 39.6. The third-order valence-corrected chi connectivity index (χ3v) is 45.4. The number of ether oxygens (including phenoxy) is 4. The number of rotatable bonds is 22. The lowest BCUT2D eigenvalue weighted by Gasteiger charge is -2.65. The number of ketones is 3. The van der Waals surface area contributed by atoms with Crippen LogP contribution in [0.3, 0.4) is 0 Å². The Morgan fingerprint density at radius 2 is 0.948 bits per heavy atom. The summed E-state index contributed by atoms with van der Waals surface area (Å²) < 4.78 is 22.4. The molecule has 756 valence electrons. The smallest absolute Gasteiger partial charge is 0.338 e. The lowest BCUT2D eigenvalue weighted by Crippen LogP contribution is -2.62. The first-order valence-corrected chi connectivity index (χ1v) is 55.6. The van der Waals surface area contributed by atoms with Crippen molar-refractivity contribution in [1.82, 2.24) is 0 Å². The maximum absolute atomic E-state index is 13.9. The second kappa shape index (κ2) is 41.9. The Balaban J connectivity index is 0.000000144. The number of esters is 4. The number of allylic oxidation sites excluding steroid dienone is 2. The van der Waals surface area contributed by atoms with Gasteiger partial charge in [0, 0.05) is 72.4 Å². The molecule has 18 nitrogen and oxygen atoms in total. The largest absolute Gasteiger partial charge is 0.469 e. The molecule has 15 saturated carbocycles. The van der Waals surface area contributed by atoms with Gasteiger partial charge in [0.25, 0.3) is 0 Å². The van der Waals surface area contributed by atoms with Crippen molar-refractivity contribution >= 4 is 63.8 Å². The van der Waals surface area contributed by atoms with Crippen LogP contribution in [0.2, 0.25) is 0 Å². The molecule has 1 aromatic rings. The van der Waals surface area contributed by atoms with Crippen LogP contribution in [0.25, 0.3) is 0 Å². The number of hydrogen-bond donors (Lipinski definition) is 7. The van der Waals surface area contributed by atoms with Gasteiger partial charge in [-0.2, -0.15) is 0 Å². The zero-order chi connectivity index (χ0) is 97.5. The molecule has 0 aliphatic heterocycles. The molecule has 0 radical (unpaired) electrons. The first-order chi connectivity index (χ1) is 63.4. The molecule has 17 rings (SSSR count). The summed E-state index contributed by atoms with van der Waals surface area (Å²) in [6.07, 6.45) is 33.1. The van der Waals surface area contributed by atoms with Gasteiger partial charge in [0.05, 0.1) is 63.5 Å². The van der Waals surface area contributed by atoms with Crippen LogP contribution < -0.4 is 0 Å². The van der Waals surface area contributed by atoms with E-state index in [2.05, 4.69) is 146 Å². The molecule has 16 aliphatic carbocycles. The maximum atomic E-state index is 13.9. The number of Topliss-reactive ketones (excluding diaryl/α,β-unsaturated/α-hetero) is 3. The molecular weight excluding hydrogens is 1800 g/mol. The fourth-order valence-corrected chi connectivity index (χ4v) is 38.8. The Morgan fingerprint density at radius 3 is 1.46 bits per heavy atom. The summed E-state index contributed by atoms with van der Waals surface area (Å²) in [6, 6.07) is 7.85. The summed E-state index contributed by atoms with van der Waals surface area (Å²) in [7, 11) is 4.31. The highest BCUT2D eigenvalue weighted by molar-refractivity contribution is 14.1. The maximum Gasteiger partial charge on any atom is 0.338 e. The predicted molar refractivity (Wildman–Crippen MR) is 530 cm³/mol. The number of methoxy groups -OCH3 is 3. The van der Waals surface area contributed by atoms with E-state index < -0.39 is 0 Å². The Kier molecular flexibility index (Phi) is 33.2. The molecule has 16 aliphatic rings. The van der Waals surface area contributed by atoms with Gasteiger partial charge in [-0.3, -0.25) is 28.8 Å². The average molecular weight is 1980 g/mol. The van der Waals surface area contributed by atoms with Gasteiger partial charge in [0.15, 0.2) is 0 Å². The highest BCUT2D eigenvalue weighted by atomic mass is 127. The third kappa shape index (κ3) is 18.8. The quantitative estimate of drug-likeness (QED) is 0.0246. The van der Waals surface area contributed by atoms with E-state index in [0.29, 0.717) is 144 Å². The zero-order valence-corrected chi connectivity index (χ0v) is 88.4. The normalized spacial score (nSPS) is 46.7. The van der Waals surface area contributed by atoms with Crippen molar-refractivity contribution in [2.45, 2.75) is 392 Å². The number of hydrogen-bond acceptors (Lipinski definition) is 18. The van der Waals surface area contributed by atoms with Crippen molar-refractivity contribution < 1.29 is 88.3 Å². The van der Waals surface area contributed by atoms with Gasteiger partial charge in [0.2, 0.25) is 0 Å². The van der Waals surface area contributed by atoms with Crippen molar-refractivity contribution in [3.63, 3.8) is 0 Å². The van der Waals surface area contributed by atoms with E-state index in [9.17, 15) is 69.3 Å². The van der Waals surface area contributed by atoms with E-state index in [4.69, 9.17) is 18.9 Å². The Bertz CT molecular complexity index is 4320. The second-order valence-corrected chi connectivity index (χ2v) is 51.6. The molecule has 0 saturated heterocycles. The van der Waals surface area contributed by atoms with Gasteiger partial charge in [-0.05, 0) is 400 Å². The van der Waals surface area contributed by atoms with Crippen LogP contribution in [0.4, 0.5) is 0 Å². The number of carbonyl (C=O) groups is 7. The molecule has 0 amide bonds. The van der Waals surface area contributed by atoms with Gasteiger partial charge in [0.1, 0.15) is 23.5 Å². The van der Waals surface area contributed by atoms with E-state index in [1.807, 2.05) is 24.3 Å². The van der Waals surface area contributed by atoms with E-state index in [0.717, 1.165) is 164 Å². The molecule has 12 unspecified atom stereocenters. The van der Waals surface area contributed by atoms with Crippen LogP contribution in [-0.4, -0.2) is 148 Å². The molecule has 1 aromatic carbocycles. The molecule has 19 heteroatoms. The monoisotopic (exact) mass is 1980 g/mol. The summed E-state index contributed by atoms with van der Waals surface area (Å²) >= 11 is 2.28. The number of aliphatic hydroxyl groups is 7. The second-order valence-electron chi connectivity index (χ2n) is 50.4. The van der Waals surface area contributed by atoms with Crippen LogP contribution in [0.5, 0.6) is 0 Å². The van der Waals surface area contributed by atoms with Crippen LogP contribution in [0.15, 0.2) is 35.9 Å². The van der Waals surface area contributed by atoms with Gasteiger partial charge in [-0.1, -0.05) is 155 Å². The van der Waals surface area contributed by atoms with E-state index in [1.165, 1.54) is 59.0 Å². The number of fused-ring (bicyclic) bond motifs is 20. The lowest BCUT2D eigenvalue weighted by atomic mass is 9.41. The van der Waals surface area contributed by atoms with Crippen LogP contribution in [0.1, 0.15) is 359 Å². The van der Waals surface area contributed by atoms with Gasteiger partial charge >= 0.3 is 23.9 Å². The van der Waals surface area contributed by atoms with Crippen LogP contribution >= 0.6 is 22.6 Å². The first kappa shape index (κ1) is 106. The standard InChI is InChI=1S/C35H49IO4.C27H46O5.C27H40O5.C26H46O4/c1-7-25-29-19-21(2)15-17-35(29,5)28-16-18-34(4)26(22(3)11-14-30(37)39-6)12-13-27(34)31(28)32(25)40-33(38)23-9-8-10-24(36)20-23;2*1-6-17-19-13-16(28)9-11-26(19,3)18-10-12-27(4)20(23(18)25(17)31)14-21(29)24(27)15(2)7-8-22(30)32-5;1-5-17-19-13-16(28)8-10-25(19,3)18-9-11-26(4)20(22(18)24(17)30)14-21(29)23(26)15(2)7-6-12-27/h8-10,12,20-22,25,27-29,31-32H,7,11,13-19H2,1-6H3;15-21,23-25,28-29,31H,6-14H2,1-5H3;15,17-20,23-24H,6-14H2,1-5H3;15-24,27-30H,5-14H2,1-4H3/t21-,22-,25-,27?,28?,29+,31?,32-,34-,35-;15-,16-,17-,18?,19+,20?,21+,23?,24+,25-,26-,27+;15-,17-,18?,19+,20?,23?,24+,26-,27+;15-,16-,17-,18?,19+,20?,21-,22?,23+,24-,25-,26+/m1111/s1. The average Bonchev–Trinajstić information content (AvgIpc) is 1.40. The third-order valence-electron chi connectivity index (χ3n) is 44.7. The highest BCUT2D eigenvalue weighted by Crippen LogP contribution is 2.75. The zero-order valence-electron chi connectivity index (χ0n) is 86.3. The SMILES string of the molecule is CC[C@H]1C(=O)C2C3CC(=O)[C@H]([C@H](C)CCC(=O)OC)[C@@]3(C)CCC2[C@@]2(C)CCC(=O)C[C@@H]12.CC[C@H]1[C@@H](O)C2C3C[C@@H](O)[C@H]([C@H](C)CCCO)[C@@]3(C)CCC2[C@@]2(C)CC[C@@H](O)C[C@@H]12.CC[C@H]1[C@@H](O)C2C3C[C@H](O)[C@H]([C@H](C)CCC(=O)OC)[C@@]3(C)CCC2[C@@]2(C)CC[C@@H](O)C[C@@H]12.CC[C@H]1[C@@H](OC(=O)c2cccc(I)c2)C2C3CC=C([C@H](C)CCC(=O)OC)[C@@]3(C)CCC2[C@@]2(C)CC[C@@H](C)C[C@@H]12. The molecule has 0 spiro atoms. The molecular formula is C115H181IO18. The van der Waals surface area contributed by atoms with E-state index in [1.54, 1.807) is 0 Å².